The number of benzene rings is 4. The molecule has 0 unspecified atom stereocenters. The van der Waals surface area contributed by atoms with Crippen LogP contribution < -0.4 is 10.6 Å². The molecular weight excluding hydrogens is 401 g/mol. The fourth-order valence-electron chi connectivity index (χ4n) is 3.77. The first-order valence-electron chi connectivity index (χ1n) is 10.2. The summed E-state index contributed by atoms with van der Waals surface area (Å²) in [4.78, 5) is 2.52. The van der Waals surface area contributed by atoms with Gasteiger partial charge >= 0.3 is 0 Å². The molecule has 0 spiro atoms. The van der Waals surface area contributed by atoms with E-state index < -0.39 is 6.04 Å². The fraction of sp³-hybridized carbons (Fsp3) is 0.111. The highest BCUT2D eigenvalue weighted by Gasteiger charge is 2.25. The van der Waals surface area contributed by atoms with Crippen LogP contribution in [0.3, 0.4) is 0 Å². The molecule has 30 heavy (non-hydrogen) atoms. The van der Waals surface area contributed by atoms with E-state index in [9.17, 15) is 0 Å². The highest BCUT2D eigenvalue weighted by Crippen LogP contribution is 2.44. The zero-order valence-corrected chi connectivity index (χ0v) is 18.7. The van der Waals surface area contributed by atoms with Gasteiger partial charge in [-0.1, -0.05) is 133 Å². The van der Waals surface area contributed by atoms with Gasteiger partial charge in [0.05, 0.1) is 0 Å². The van der Waals surface area contributed by atoms with Crippen molar-refractivity contribution in [2.45, 2.75) is 13.1 Å². The maximum Gasteiger partial charge on any atom is 0.0358 e. The molecule has 150 valence electrons. The van der Waals surface area contributed by atoms with Gasteiger partial charge in [-0.2, -0.15) is 0 Å². The Bertz CT molecular complexity index is 998. The van der Waals surface area contributed by atoms with Gasteiger partial charge in [-0.15, -0.1) is 0 Å². The molecule has 0 radical (unpaired) electrons. The average Bonchev–Trinajstić information content (AvgIpc) is 2.81. The third-order valence-corrected chi connectivity index (χ3v) is 9.92. The molecule has 0 aliphatic rings. The molecule has 3 heteroatoms. The van der Waals surface area contributed by atoms with E-state index in [-0.39, 0.29) is 0 Å². The molecule has 0 aromatic heterocycles. The Morgan fingerprint density at radius 1 is 0.500 bits per heavy atom. The second-order valence-corrected chi connectivity index (χ2v) is 12.2. The van der Waals surface area contributed by atoms with Crippen LogP contribution >= 0.6 is 6.04 Å². The first-order chi connectivity index (χ1) is 14.7. The highest BCUT2D eigenvalue weighted by molar-refractivity contribution is 8.21. The van der Waals surface area contributed by atoms with Gasteiger partial charge in [-0.25, -0.2) is 0 Å². The van der Waals surface area contributed by atoms with Gasteiger partial charge in [0.1, 0.15) is 0 Å². The third kappa shape index (κ3) is 5.15. The summed E-state index contributed by atoms with van der Waals surface area (Å²) in [6, 6.07) is 40.8. The average molecular weight is 428 g/mol. The lowest BCUT2D eigenvalue weighted by atomic mass is 10.2. The van der Waals surface area contributed by atoms with E-state index >= 15 is 0 Å². The minimum absolute atomic E-state index is 0.861. The Morgan fingerprint density at radius 3 is 1.20 bits per heavy atom. The van der Waals surface area contributed by atoms with E-state index in [0.717, 1.165) is 19.4 Å². The normalized spacial score (nSPS) is 11.5. The van der Waals surface area contributed by atoms with Gasteiger partial charge in [-0.3, -0.25) is 4.90 Å². The topological polar surface area (TPSA) is 3.24 Å². The summed E-state index contributed by atoms with van der Waals surface area (Å²) in [5.74, 6) is 0. The number of nitrogens with zero attached hydrogens (tertiary/aromatic N) is 1. The predicted octanol–water partition coefficient (Wildman–Crippen LogP) is 5.78. The molecule has 4 aromatic rings. The lowest BCUT2D eigenvalue weighted by molar-refractivity contribution is 0.303. The molecule has 0 aliphatic heterocycles. The van der Waals surface area contributed by atoms with Crippen LogP contribution in [0, 0.1) is 0 Å². The summed E-state index contributed by atoms with van der Waals surface area (Å²) in [6.07, 6.45) is 0.861. The van der Waals surface area contributed by atoms with E-state index in [1.54, 1.807) is 0 Å². The van der Waals surface area contributed by atoms with Crippen molar-refractivity contribution in [2.75, 3.05) is 6.29 Å². The third-order valence-electron chi connectivity index (χ3n) is 5.24. The molecule has 0 bridgehead atoms. The molecule has 0 saturated carbocycles. The van der Waals surface area contributed by atoms with E-state index in [0.29, 0.717) is 0 Å². The largest absolute Gasteiger partial charge is 0.289 e. The number of hydrogen-bond donors (Lipinski definition) is 0. The zero-order chi connectivity index (χ0) is 20.7. The van der Waals surface area contributed by atoms with Gasteiger partial charge in [0, 0.05) is 25.4 Å². The van der Waals surface area contributed by atoms with Crippen molar-refractivity contribution in [3.63, 3.8) is 0 Å². The lowest BCUT2D eigenvalue weighted by Gasteiger charge is -2.31. The summed E-state index contributed by atoms with van der Waals surface area (Å²) < 4.78 is 0. The van der Waals surface area contributed by atoms with Gasteiger partial charge < -0.3 is 0 Å². The molecular formula is C27H26NPS. The van der Waals surface area contributed by atoms with Gasteiger partial charge in [0.25, 0.3) is 0 Å². The van der Waals surface area contributed by atoms with Crippen LogP contribution in [0.4, 0.5) is 0 Å². The minimum atomic E-state index is -1.99. The molecule has 0 heterocycles. The lowest BCUT2D eigenvalue weighted by Crippen LogP contribution is -2.30. The van der Waals surface area contributed by atoms with E-state index in [1.807, 2.05) is 0 Å². The first kappa shape index (κ1) is 20.8. The minimum Gasteiger partial charge on any atom is -0.289 e. The zero-order valence-electron chi connectivity index (χ0n) is 17.0. The Balaban J connectivity index is 1.71. The molecule has 4 rings (SSSR count). The molecule has 4 aromatic carbocycles. The fourth-order valence-corrected chi connectivity index (χ4v) is 7.69. The molecule has 0 aliphatic carbocycles. The smallest absolute Gasteiger partial charge is 0.0358 e. The summed E-state index contributed by atoms with van der Waals surface area (Å²) in [7, 11) is 0. The van der Waals surface area contributed by atoms with Crippen molar-refractivity contribution in [2.24, 2.45) is 0 Å². The van der Waals surface area contributed by atoms with Crippen molar-refractivity contribution in [1.29, 1.82) is 0 Å². The van der Waals surface area contributed by atoms with Gasteiger partial charge in [0.15, 0.2) is 0 Å². The van der Waals surface area contributed by atoms with Crippen LogP contribution in [0.15, 0.2) is 121 Å². The molecule has 0 saturated heterocycles. The summed E-state index contributed by atoms with van der Waals surface area (Å²) in [6.45, 7) is 1.77. The van der Waals surface area contributed by atoms with Crippen LogP contribution in [0.1, 0.15) is 11.1 Å². The summed E-state index contributed by atoms with van der Waals surface area (Å²) in [5.41, 5.74) is 2.63. The van der Waals surface area contributed by atoms with Crippen LogP contribution in [-0.4, -0.2) is 11.2 Å². The van der Waals surface area contributed by atoms with Crippen LogP contribution in [0.25, 0.3) is 0 Å². The van der Waals surface area contributed by atoms with E-state index in [4.69, 9.17) is 11.8 Å². The maximum absolute atomic E-state index is 6.51. The van der Waals surface area contributed by atoms with Crippen LogP contribution in [0.5, 0.6) is 0 Å². The Kier molecular flexibility index (Phi) is 6.92. The van der Waals surface area contributed by atoms with Crippen LogP contribution in [0.2, 0.25) is 0 Å². The maximum atomic E-state index is 6.51. The second-order valence-electron chi connectivity index (χ2n) is 7.51. The van der Waals surface area contributed by atoms with Crippen molar-refractivity contribution >= 4 is 28.5 Å². The molecule has 1 nitrogen and oxygen atoms in total. The highest BCUT2D eigenvalue weighted by atomic mass is 32.4. The summed E-state index contributed by atoms with van der Waals surface area (Å²) >= 11 is 6.51. The Morgan fingerprint density at radius 2 is 0.833 bits per heavy atom. The number of rotatable bonds is 8. The van der Waals surface area contributed by atoms with Crippen molar-refractivity contribution in [3.05, 3.63) is 132 Å². The van der Waals surface area contributed by atoms with Crippen molar-refractivity contribution < 1.29 is 0 Å². The molecule has 0 fully saturated rings. The number of hydrogen-bond acceptors (Lipinski definition) is 2. The van der Waals surface area contributed by atoms with Crippen molar-refractivity contribution in [1.82, 2.24) is 4.90 Å². The standard InChI is InChI=1S/C27H26NPS/c30-29(26-17-9-3-10-18-26,27-19-11-4-12-20-27)23-28(21-24-13-5-1-6-14-24)22-25-15-7-2-8-16-25/h1-20H,21-23H2. The molecule has 0 atom stereocenters. The monoisotopic (exact) mass is 427 g/mol. The van der Waals surface area contributed by atoms with E-state index in [2.05, 4.69) is 126 Å². The Labute approximate surface area is 185 Å². The SMILES string of the molecule is S=P(CN(Cc1ccccc1)Cc1ccccc1)(c1ccccc1)c1ccccc1. The van der Waals surface area contributed by atoms with Gasteiger partial charge in [0.2, 0.25) is 0 Å². The van der Waals surface area contributed by atoms with E-state index in [1.165, 1.54) is 21.7 Å². The van der Waals surface area contributed by atoms with Gasteiger partial charge in [-0.05, 0) is 21.7 Å². The Hall–Kier alpha value is -2.51. The van der Waals surface area contributed by atoms with Crippen LogP contribution in [-0.2, 0) is 24.9 Å². The summed E-state index contributed by atoms with van der Waals surface area (Å²) in [5, 5.41) is 2.55. The quantitative estimate of drug-likeness (QED) is 0.328. The molecule has 0 N–H and O–H groups in total. The first-order valence-corrected chi connectivity index (χ1v) is 13.2. The second kappa shape index (κ2) is 10.00. The van der Waals surface area contributed by atoms with Crippen molar-refractivity contribution in [3.8, 4) is 0 Å². The molecule has 0 amide bonds. The predicted molar refractivity (Wildman–Crippen MR) is 133 cm³/mol.